The number of benzene rings is 3. The van der Waals surface area contributed by atoms with Crippen molar-refractivity contribution < 1.29 is 0 Å². The van der Waals surface area contributed by atoms with Gasteiger partial charge in [0.15, 0.2) is 0 Å². The minimum atomic E-state index is 0.767. The Hall–Kier alpha value is -2.76. The number of nitrogen functional groups attached to an aromatic ring is 1. The third-order valence-corrected chi connectivity index (χ3v) is 7.18. The molecule has 2 heterocycles. The number of anilines is 1. The monoisotopic (exact) mass is 387 g/mol. The van der Waals surface area contributed by atoms with E-state index >= 15 is 0 Å². The van der Waals surface area contributed by atoms with Crippen molar-refractivity contribution in [1.82, 2.24) is 9.97 Å². The normalized spacial score (nSPS) is 11.5. The van der Waals surface area contributed by atoms with Crippen LogP contribution in [0.3, 0.4) is 0 Å². The maximum absolute atomic E-state index is 5.79. The lowest BCUT2D eigenvalue weighted by molar-refractivity contribution is 1.38. The van der Waals surface area contributed by atoms with Crippen molar-refractivity contribution in [3.63, 3.8) is 0 Å². The molecule has 5 aromatic rings. The van der Waals surface area contributed by atoms with Gasteiger partial charge in [0.25, 0.3) is 0 Å². The molecule has 0 spiro atoms. The van der Waals surface area contributed by atoms with Crippen molar-refractivity contribution in [3.05, 3.63) is 65.7 Å². The molecule has 5 rings (SSSR count). The van der Waals surface area contributed by atoms with Gasteiger partial charge in [0.05, 0.1) is 20.4 Å². The molecule has 27 heavy (non-hydrogen) atoms. The fraction of sp³-hybridized carbons (Fsp3) is 0.0909. The maximum Gasteiger partial charge on any atom is 0.124 e. The lowest BCUT2D eigenvalue weighted by Crippen LogP contribution is -1.83. The predicted octanol–water partition coefficient (Wildman–Crippen LogP) is 6.44. The Morgan fingerprint density at radius 1 is 0.741 bits per heavy atom. The third kappa shape index (κ3) is 2.80. The second-order valence-corrected chi connectivity index (χ2v) is 8.73. The molecule has 3 nitrogen and oxygen atoms in total. The minimum Gasteiger partial charge on any atom is -0.399 e. The Balaban J connectivity index is 1.60. The van der Waals surface area contributed by atoms with Crippen LogP contribution < -0.4 is 5.73 Å². The second-order valence-electron chi connectivity index (χ2n) is 6.70. The van der Waals surface area contributed by atoms with Gasteiger partial charge in [-0.15, -0.1) is 22.7 Å². The number of thiazole rings is 2. The zero-order valence-electron chi connectivity index (χ0n) is 15.0. The van der Waals surface area contributed by atoms with Gasteiger partial charge in [0.2, 0.25) is 0 Å². The summed E-state index contributed by atoms with van der Waals surface area (Å²) in [5.41, 5.74) is 13.5. The molecular formula is C22H17N3S2. The van der Waals surface area contributed by atoms with Crippen molar-refractivity contribution in [2.45, 2.75) is 13.8 Å². The van der Waals surface area contributed by atoms with Gasteiger partial charge < -0.3 is 5.73 Å². The number of hydrogen-bond donors (Lipinski definition) is 1. The highest BCUT2D eigenvalue weighted by atomic mass is 32.1. The first-order valence-electron chi connectivity index (χ1n) is 8.72. The summed E-state index contributed by atoms with van der Waals surface area (Å²) in [6.07, 6.45) is 0. The number of nitrogens with two attached hydrogens (primary N) is 1. The van der Waals surface area contributed by atoms with Gasteiger partial charge in [-0.1, -0.05) is 6.07 Å². The molecule has 2 N–H and O–H groups in total. The minimum absolute atomic E-state index is 0.767. The van der Waals surface area contributed by atoms with E-state index in [1.807, 2.05) is 24.3 Å². The molecule has 5 heteroatoms. The Morgan fingerprint density at radius 2 is 1.41 bits per heavy atom. The van der Waals surface area contributed by atoms with Crippen LogP contribution in [-0.4, -0.2) is 9.97 Å². The van der Waals surface area contributed by atoms with Crippen LogP contribution in [0.4, 0.5) is 5.69 Å². The molecule has 132 valence electrons. The zero-order chi connectivity index (χ0) is 18.5. The number of nitrogens with zero attached hydrogens (tertiary/aromatic N) is 2. The molecule has 0 saturated heterocycles. The van der Waals surface area contributed by atoms with Crippen molar-refractivity contribution in [3.8, 4) is 21.1 Å². The Morgan fingerprint density at radius 3 is 2.22 bits per heavy atom. The van der Waals surface area contributed by atoms with Crippen LogP contribution in [0.15, 0.2) is 54.6 Å². The summed E-state index contributed by atoms with van der Waals surface area (Å²) in [6, 6.07) is 18.5. The van der Waals surface area contributed by atoms with Crippen LogP contribution in [0.2, 0.25) is 0 Å². The first-order chi connectivity index (χ1) is 13.1. The topological polar surface area (TPSA) is 51.8 Å². The van der Waals surface area contributed by atoms with Gasteiger partial charge in [-0.3, -0.25) is 0 Å². The summed E-state index contributed by atoms with van der Waals surface area (Å²) >= 11 is 3.47. The molecule has 0 aliphatic carbocycles. The van der Waals surface area contributed by atoms with Gasteiger partial charge in [0, 0.05) is 16.8 Å². The molecule has 0 aliphatic rings. The van der Waals surface area contributed by atoms with Crippen LogP contribution in [0, 0.1) is 13.8 Å². The van der Waals surface area contributed by atoms with Gasteiger partial charge in [-0.05, 0) is 73.5 Å². The lowest BCUT2D eigenvalue weighted by Gasteiger charge is -1.98. The van der Waals surface area contributed by atoms with Crippen molar-refractivity contribution >= 4 is 48.8 Å². The number of aromatic nitrogens is 2. The molecule has 0 radical (unpaired) electrons. The van der Waals surface area contributed by atoms with Crippen LogP contribution >= 0.6 is 22.7 Å². The first kappa shape index (κ1) is 16.4. The summed E-state index contributed by atoms with van der Waals surface area (Å²) in [4.78, 5) is 9.63. The third-order valence-electron chi connectivity index (χ3n) is 4.87. The number of fused-ring (bicyclic) bond motifs is 2. The predicted molar refractivity (Wildman–Crippen MR) is 118 cm³/mol. The standard InChI is InChI=1S/C22H17N3S2/c1-12-3-9-18-20(13(12)2)27-22(25-18)15-6-10-17-19(11-15)26-21(24-17)14-4-7-16(23)8-5-14/h3-11H,23H2,1-2H3. The van der Waals surface area contributed by atoms with Crippen LogP contribution in [0.5, 0.6) is 0 Å². The van der Waals surface area contributed by atoms with E-state index in [9.17, 15) is 0 Å². The Bertz CT molecular complexity index is 1300. The highest BCUT2D eigenvalue weighted by Gasteiger charge is 2.12. The molecule has 3 aromatic carbocycles. The van der Waals surface area contributed by atoms with E-state index < -0.39 is 0 Å². The highest BCUT2D eigenvalue weighted by molar-refractivity contribution is 7.22. The maximum atomic E-state index is 5.79. The van der Waals surface area contributed by atoms with Crippen LogP contribution in [0.25, 0.3) is 41.6 Å². The average molecular weight is 388 g/mol. The van der Waals surface area contributed by atoms with Gasteiger partial charge in [-0.25, -0.2) is 9.97 Å². The number of rotatable bonds is 2. The summed E-state index contributed by atoms with van der Waals surface area (Å²) in [5.74, 6) is 0. The van der Waals surface area contributed by atoms with Crippen molar-refractivity contribution in [2.24, 2.45) is 0 Å². The summed E-state index contributed by atoms with van der Waals surface area (Å²) in [6.45, 7) is 4.32. The van der Waals surface area contributed by atoms with E-state index in [2.05, 4.69) is 44.2 Å². The van der Waals surface area contributed by atoms with E-state index in [1.165, 1.54) is 20.5 Å². The molecule has 0 amide bonds. The van der Waals surface area contributed by atoms with Crippen LogP contribution in [0.1, 0.15) is 11.1 Å². The molecule has 2 aromatic heterocycles. The summed E-state index contributed by atoms with van der Waals surface area (Å²) < 4.78 is 2.45. The van der Waals surface area contributed by atoms with Gasteiger partial charge in [-0.2, -0.15) is 0 Å². The molecule has 0 aliphatic heterocycles. The molecule has 0 unspecified atom stereocenters. The van der Waals surface area contributed by atoms with E-state index in [0.717, 1.165) is 37.9 Å². The van der Waals surface area contributed by atoms with E-state index in [1.54, 1.807) is 22.7 Å². The van der Waals surface area contributed by atoms with E-state index in [0.29, 0.717) is 0 Å². The zero-order valence-corrected chi connectivity index (χ0v) is 16.6. The quantitative estimate of drug-likeness (QED) is 0.355. The fourth-order valence-corrected chi connectivity index (χ4v) is 5.28. The molecule has 0 atom stereocenters. The van der Waals surface area contributed by atoms with Crippen molar-refractivity contribution in [1.29, 1.82) is 0 Å². The Labute approximate surface area is 165 Å². The van der Waals surface area contributed by atoms with Crippen LogP contribution in [-0.2, 0) is 0 Å². The van der Waals surface area contributed by atoms with Gasteiger partial charge >= 0.3 is 0 Å². The molecule has 0 fully saturated rings. The molecule has 0 saturated carbocycles. The SMILES string of the molecule is Cc1ccc2nc(-c3ccc4nc(-c5ccc(N)cc5)sc4c3)sc2c1C. The highest BCUT2D eigenvalue weighted by Crippen LogP contribution is 2.37. The number of aryl methyl sites for hydroxylation is 2. The van der Waals surface area contributed by atoms with Gasteiger partial charge in [0.1, 0.15) is 10.0 Å². The summed E-state index contributed by atoms with van der Waals surface area (Å²) in [5, 5.41) is 2.07. The number of hydrogen-bond acceptors (Lipinski definition) is 5. The second kappa shape index (κ2) is 6.15. The molecule has 0 bridgehead atoms. The fourth-order valence-electron chi connectivity index (χ4n) is 3.15. The molecular weight excluding hydrogens is 370 g/mol. The first-order valence-corrected chi connectivity index (χ1v) is 10.4. The summed E-state index contributed by atoms with van der Waals surface area (Å²) in [7, 11) is 0. The van der Waals surface area contributed by atoms with E-state index in [-0.39, 0.29) is 0 Å². The Kier molecular flexibility index (Phi) is 3.74. The van der Waals surface area contributed by atoms with E-state index in [4.69, 9.17) is 15.7 Å². The largest absolute Gasteiger partial charge is 0.399 e. The van der Waals surface area contributed by atoms with Crippen molar-refractivity contribution in [2.75, 3.05) is 5.73 Å². The average Bonchev–Trinajstić information content (AvgIpc) is 3.29. The lowest BCUT2D eigenvalue weighted by atomic mass is 10.1. The smallest absolute Gasteiger partial charge is 0.124 e.